The molecule has 2 saturated heterocycles. The number of amides is 4. The first kappa shape index (κ1) is 43.9. The zero-order chi connectivity index (χ0) is 39.9. The van der Waals surface area contributed by atoms with Gasteiger partial charge in [0.15, 0.2) is 0 Å². The van der Waals surface area contributed by atoms with Gasteiger partial charge in [-0.25, -0.2) is 0 Å². The zero-order valence-electron chi connectivity index (χ0n) is 33.8. The zero-order valence-corrected chi connectivity index (χ0v) is 34.8. The second-order valence-corrected chi connectivity index (χ2v) is 17.6. The molecule has 0 spiro atoms. The Morgan fingerprint density at radius 3 is 2.26 bits per heavy atom. The van der Waals surface area contributed by atoms with Crippen molar-refractivity contribution in [3.63, 3.8) is 0 Å². The van der Waals surface area contributed by atoms with E-state index in [1.54, 1.807) is 30.9 Å². The molecule has 1 aliphatic carbocycles. The van der Waals surface area contributed by atoms with Gasteiger partial charge >= 0.3 is 0 Å². The van der Waals surface area contributed by atoms with Gasteiger partial charge in [0.2, 0.25) is 31.7 Å². The highest BCUT2D eigenvalue weighted by Crippen LogP contribution is 2.41. The predicted molar refractivity (Wildman–Crippen MR) is 209 cm³/mol. The molecule has 1 unspecified atom stereocenters. The lowest BCUT2D eigenvalue weighted by Gasteiger charge is -2.41. The minimum atomic E-state index is -3.10. The van der Waals surface area contributed by atoms with Crippen LogP contribution in [0.15, 0.2) is 30.3 Å². The van der Waals surface area contributed by atoms with Crippen molar-refractivity contribution in [3.8, 4) is 0 Å². The van der Waals surface area contributed by atoms with E-state index in [-0.39, 0.29) is 48.4 Å². The lowest BCUT2D eigenvalue weighted by atomic mass is 9.89. The molecule has 4 amide bonds. The van der Waals surface area contributed by atoms with E-state index in [0.717, 1.165) is 37.7 Å². The summed E-state index contributed by atoms with van der Waals surface area (Å²) in [5.41, 5.74) is 0.836. The minimum Gasteiger partial charge on any atom is -0.379 e. The Morgan fingerprint density at radius 1 is 1.02 bits per heavy atom. The van der Waals surface area contributed by atoms with Gasteiger partial charge in [-0.05, 0) is 62.5 Å². The Labute approximate surface area is 323 Å². The fourth-order valence-corrected chi connectivity index (χ4v) is 9.91. The lowest BCUT2D eigenvalue weighted by Crippen LogP contribution is -2.60. The molecule has 3 fully saturated rings. The SMILES string of the molecule is CC[C@H](C)[C@@H]([C@@H](CC(=O)N1CCC[C@H]1[C@H](OC)[C@@H](C)C(=O)N[C@@H](Cc1ccccc1)[PH](=O)O)OC)N(C)C(=O)[C@@H](NC(=O)[C@@H]1[C@H]2CC[C@H](C2)N1C)C(C)C. The van der Waals surface area contributed by atoms with E-state index in [0.29, 0.717) is 24.9 Å². The molecule has 2 bridgehead atoms. The number of likely N-dealkylation sites (N-methyl/N-ethyl adjacent to an activating group) is 2. The molecular weight excluding hydrogens is 709 g/mol. The summed E-state index contributed by atoms with van der Waals surface area (Å²) < 4.78 is 24.2. The number of methoxy groups -OCH3 is 2. The van der Waals surface area contributed by atoms with Crippen molar-refractivity contribution in [2.45, 2.75) is 134 Å². The van der Waals surface area contributed by atoms with E-state index in [4.69, 9.17) is 9.47 Å². The monoisotopic (exact) mass is 775 g/mol. The molecule has 3 N–H and O–H groups in total. The van der Waals surface area contributed by atoms with Crippen molar-refractivity contribution in [1.29, 1.82) is 0 Å². The van der Waals surface area contributed by atoms with Crippen LogP contribution in [0.5, 0.6) is 0 Å². The van der Waals surface area contributed by atoms with Crippen LogP contribution in [-0.4, -0.2) is 126 Å². The number of nitrogens with one attached hydrogen (secondary N) is 2. The molecule has 2 heterocycles. The van der Waals surface area contributed by atoms with Gasteiger partial charge in [0.05, 0.1) is 42.7 Å². The molecular formula is C40H66N5O8P. The summed E-state index contributed by atoms with van der Waals surface area (Å²) in [7, 11) is 3.73. The van der Waals surface area contributed by atoms with Crippen LogP contribution >= 0.6 is 8.03 Å². The number of hydrogen-bond acceptors (Lipinski definition) is 8. The number of carbonyl (C=O) groups is 4. The Bertz CT molecular complexity index is 1450. The van der Waals surface area contributed by atoms with E-state index >= 15 is 0 Å². The van der Waals surface area contributed by atoms with E-state index in [2.05, 4.69) is 15.5 Å². The van der Waals surface area contributed by atoms with Crippen LogP contribution < -0.4 is 10.6 Å². The predicted octanol–water partition coefficient (Wildman–Crippen LogP) is 3.68. The number of likely N-dealkylation sites (tertiary alicyclic amines) is 2. The van der Waals surface area contributed by atoms with Crippen LogP contribution in [0.25, 0.3) is 0 Å². The molecule has 4 rings (SSSR count). The van der Waals surface area contributed by atoms with Crippen LogP contribution in [0.3, 0.4) is 0 Å². The summed E-state index contributed by atoms with van der Waals surface area (Å²) in [5, 5.41) is 5.89. The van der Waals surface area contributed by atoms with Gasteiger partial charge in [-0.1, -0.05) is 71.4 Å². The highest BCUT2D eigenvalue weighted by molar-refractivity contribution is 7.38. The third-order valence-electron chi connectivity index (χ3n) is 12.6. The van der Waals surface area contributed by atoms with Crippen molar-refractivity contribution in [2.75, 3.05) is 34.9 Å². The molecule has 1 saturated carbocycles. The summed E-state index contributed by atoms with van der Waals surface area (Å²) in [5.74, 6) is -2.41. The number of hydrogen-bond donors (Lipinski definition) is 3. The van der Waals surface area contributed by atoms with Gasteiger partial charge in [-0.15, -0.1) is 0 Å². The van der Waals surface area contributed by atoms with Gasteiger partial charge in [-0.2, -0.15) is 0 Å². The molecule has 12 atom stereocenters. The van der Waals surface area contributed by atoms with E-state index in [9.17, 15) is 28.6 Å². The largest absolute Gasteiger partial charge is 0.379 e. The average Bonchev–Trinajstić information content (AvgIpc) is 3.90. The summed E-state index contributed by atoms with van der Waals surface area (Å²) >= 11 is 0. The Morgan fingerprint density at radius 2 is 1.70 bits per heavy atom. The first-order valence-electron chi connectivity index (χ1n) is 19.9. The van der Waals surface area contributed by atoms with Crippen molar-refractivity contribution in [1.82, 2.24) is 25.3 Å². The third kappa shape index (κ3) is 10.1. The van der Waals surface area contributed by atoms with E-state index < -0.39 is 56.0 Å². The second kappa shape index (κ2) is 19.9. The maximum absolute atomic E-state index is 14.3. The highest BCUT2D eigenvalue weighted by atomic mass is 31.1. The number of nitrogens with zero attached hydrogens (tertiary/aromatic N) is 3. The standard InChI is InChI=1S/C40H66N5O8P/c1-10-25(4)35(44(7)40(49)34(24(2)3)42-39(48)36-28-18-19-29(22-28)43(36)6)31(52-8)23-33(46)45-20-14-17-30(45)37(53-9)26(5)38(47)41-32(54(50)51)21-27-15-12-11-13-16-27/h11-13,15-16,24-26,28-32,34-37,54H,10,14,17-23H2,1-9H3,(H,41,47)(H,42,48)(H,50,51)/t25-,26+,28-,29+,30-,31+,32+,34-,35-,36-,37+/m0/s1. The van der Waals surface area contributed by atoms with Gasteiger partial charge in [-0.3, -0.25) is 28.6 Å². The van der Waals surface area contributed by atoms with Crippen molar-refractivity contribution >= 4 is 31.7 Å². The molecule has 0 radical (unpaired) electrons. The summed E-state index contributed by atoms with van der Waals surface area (Å²) in [4.78, 5) is 71.3. The Kier molecular flexibility index (Phi) is 16.1. The molecule has 0 aromatic heterocycles. The quantitative estimate of drug-likeness (QED) is 0.179. The second-order valence-electron chi connectivity index (χ2n) is 16.2. The van der Waals surface area contributed by atoms with Gasteiger partial charge < -0.3 is 34.8 Å². The smallest absolute Gasteiger partial charge is 0.245 e. The molecule has 13 nitrogen and oxygen atoms in total. The Hall–Kier alpha value is -2.83. The van der Waals surface area contributed by atoms with Crippen LogP contribution in [0.4, 0.5) is 0 Å². The Balaban J connectivity index is 1.46. The molecule has 14 heteroatoms. The maximum Gasteiger partial charge on any atom is 0.245 e. The maximum atomic E-state index is 14.3. The van der Waals surface area contributed by atoms with Gasteiger partial charge in [0, 0.05) is 40.3 Å². The normalized spacial score (nSPS) is 25.7. The fourth-order valence-electron chi connectivity index (χ4n) is 9.24. The van der Waals surface area contributed by atoms with Gasteiger partial charge in [0.25, 0.3) is 0 Å². The number of carbonyl (C=O) groups excluding carboxylic acids is 4. The van der Waals surface area contributed by atoms with Crippen LogP contribution in [0, 0.1) is 23.7 Å². The average molecular weight is 776 g/mol. The molecule has 304 valence electrons. The van der Waals surface area contributed by atoms with Crippen molar-refractivity contribution in [3.05, 3.63) is 35.9 Å². The van der Waals surface area contributed by atoms with Crippen LogP contribution in [0.2, 0.25) is 0 Å². The summed E-state index contributed by atoms with van der Waals surface area (Å²) in [6.45, 7) is 10.2. The van der Waals surface area contributed by atoms with E-state index in [1.807, 2.05) is 65.1 Å². The van der Waals surface area contributed by atoms with Crippen LogP contribution in [-0.2, 0) is 39.6 Å². The molecule has 1 aromatic carbocycles. The van der Waals surface area contributed by atoms with Crippen molar-refractivity contribution < 1.29 is 38.1 Å². The number of fused-ring (bicyclic) bond motifs is 2. The summed E-state index contributed by atoms with van der Waals surface area (Å²) in [6.07, 6.45) is 4.19. The topological polar surface area (TPSA) is 158 Å². The van der Waals surface area contributed by atoms with E-state index in [1.165, 1.54) is 7.11 Å². The van der Waals surface area contributed by atoms with Crippen LogP contribution in [0.1, 0.15) is 85.1 Å². The first-order valence-corrected chi connectivity index (χ1v) is 21.3. The number of ether oxygens (including phenoxy) is 2. The molecule has 3 aliphatic rings. The third-order valence-corrected chi connectivity index (χ3v) is 13.5. The molecule has 54 heavy (non-hydrogen) atoms. The number of piperidine rings is 1. The first-order chi connectivity index (χ1) is 25.6. The molecule has 2 aliphatic heterocycles. The van der Waals surface area contributed by atoms with Gasteiger partial charge in [0.1, 0.15) is 11.8 Å². The fraction of sp³-hybridized carbons (Fsp3) is 0.750. The van der Waals surface area contributed by atoms with Crippen molar-refractivity contribution in [2.24, 2.45) is 23.7 Å². The minimum absolute atomic E-state index is 0.0108. The number of benzene rings is 1. The number of rotatable bonds is 19. The molecule has 1 aromatic rings. The summed E-state index contributed by atoms with van der Waals surface area (Å²) in [6, 6.07) is 7.84. The highest BCUT2D eigenvalue weighted by Gasteiger charge is 2.49. The lowest BCUT2D eigenvalue weighted by molar-refractivity contribution is -0.148.